The SMILES string of the molecule is N#Cc1ccc(-c2cc(Cc3cc(N4CCNCC4)ccc3N(C=O)Cc3ccccn3)cs2)cc1. The van der Waals surface area contributed by atoms with E-state index in [4.69, 9.17) is 5.26 Å². The highest BCUT2D eigenvalue weighted by Crippen LogP contribution is 2.33. The molecule has 0 saturated carbocycles. The van der Waals surface area contributed by atoms with Crippen LogP contribution < -0.4 is 15.1 Å². The summed E-state index contributed by atoms with van der Waals surface area (Å²) in [5.74, 6) is 0. The number of nitrogens with zero attached hydrogens (tertiary/aromatic N) is 4. The van der Waals surface area contributed by atoms with Crippen LogP contribution in [0.1, 0.15) is 22.4 Å². The number of carbonyl (C=O) groups excluding carboxylic acids is 1. The van der Waals surface area contributed by atoms with Gasteiger partial charge >= 0.3 is 0 Å². The minimum Gasteiger partial charge on any atom is -0.369 e. The highest BCUT2D eigenvalue weighted by molar-refractivity contribution is 7.13. The molecule has 2 aromatic heterocycles. The summed E-state index contributed by atoms with van der Waals surface area (Å²) in [4.78, 5) is 21.9. The van der Waals surface area contributed by atoms with Gasteiger partial charge in [-0.25, -0.2) is 0 Å². The summed E-state index contributed by atoms with van der Waals surface area (Å²) in [6.45, 7) is 4.28. The maximum Gasteiger partial charge on any atom is 0.214 e. The smallest absolute Gasteiger partial charge is 0.214 e. The number of thiophene rings is 1. The van der Waals surface area contributed by atoms with Crippen molar-refractivity contribution in [2.45, 2.75) is 13.0 Å². The van der Waals surface area contributed by atoms with Gasteiger partial charge in [0.2, 0.25) is 6.41 Å². The minimum absolute atomic E-state index is 0.421. The summed E-state index contributed by atoms with van der Waals surface area (Å²) in [5.41, 5.74) is 7.00. The van der Waals surface area contributed by atoms with Crippen molar-refractivity contribution in [3.8, 4) is 16.5 Å². The maximum atomic E-state index is 12.2. The van der Waals surface area contributed by atoms with Crippen LogP contribution in [0.3, 0.4) is 0 Å². The first-order chi connectivity index (χ1) is 17.7. The van der Waals surface area contributed by atoms with Crippen molar-refractivity contribution in [2.75, 3.05) is 36.0 Å². The first kappa shape index (κ1) is 23.7. The van der Waals surface area contributed by atoms with Gasteiger partial charge in [-0.15, -0.1) is 11.3 Å². The van der Waals surface area contributed by atoms with Gasteiger partial charge in [-0.2, -0.15) is 5.26 Å². The van der Waals surface area contributed by atoms with Crippen LogP contribution >= 0.6 is 11.3 Å². The molecule has 36 heavy (non-hydrogen) atoms. The summed E-state index contributed by atoms with van der Waals surface area (Å²) < 4.78 is 0. The van der Waals surface area contributed by atoms with E-state index in [1.807, 2.05) is 42.5 Å². The Hall–Kier alpha value is -3.99. The van der Waals surface area contributed by atoms with Crippen molar-refractivity contribution >= 4 is 29.1 Å². The van der Waals surface area contributed by atoms with Crippen molar-refractivity contribution in [1.82, 2.24) is 10.3 Å². The monoisotopic (exact) mass is 493 g/mol. The Morgan fingerprint density at radius 1 is 1.08 bits per heavy atom. The molecule has 6 nitrogen and oxygen atoms in total. The van der Waals surface area contributed by atoms with E-state index in [1.165, 1.54) is 11.3 Å². The molecule has 1 aliphatic heterocycles. The molecule has 0 atom stereocenters. The van der Waals surface area contributed by atoms with E-state index in [1.54, 1.807) is 22.4 Å². The molecule has 4 aromatic rings. The topological polar surface area (TPSA) is 72.3 Å². The number of nitrogens with one attached hydrogen (secondary N) is 1. The van der Waals surface area contributed by atoms with Crippen LogP contribution in [0, 0.1) is 11.3 Å². The number of benzene rings is 2. The lowest BCUT2D eigenvalue weighted by molar-refractivity contribution is -0.107. The molecule has 0 radical (unpaired) electrons. The average molecular weight is 494 g/mol. The average Bonchev–Trinajstić information content (AvgIpc) is 3.41. The summed E-state index contributed by atoms with van der Waals surface area (Å²) in [7, 11) is 0. The molecule has 0 unspecified atom stereocenters. The quantitative estimate of drug-likeness (QED) is 0.356. The molecule has 1 aliphatic rings. The van der Waals surface area contributed by atoms with E-state index in [9.17, 15) is 4.79 Å². The number of hydrogen-bond acceptors (Lipinski definition) is 6. The van der Waals surface area contributed by atoms with Gasteiger partial charge in [-0.3, -0.25) is 9.78 Å². The van der Waals surface area contributed by atoms with Crippen LogP contribution in [0.2, 0.25) is 0 Å². The molecule has 7 heteroatoms. The van der Waals surface area contributed by atoms with Gasteiger partial charge in [0.15, 0.2) is 0 Å². The number of hydrogen-bond donors (Lipinski definition) is 1. The van der Waals surface area contributed by atoms with Crippen LogP contribution in [-0.2, 0) is 17.8 Å². The molecule has 1 fully saturated rings. The van der Waals surface area contributed by atoms with Gasteiger partial charge in [0.1, 0.15) is 0 Å². The van der Waals surface area contributed by atoms with E-state index in [0.717, 1.165) is 60.0 Å². The molecule has 180 valence electrons. The number of carbonyl (C=O) groups is 1. The Morgan fingerprint density at radius 3 is 2.64 bits per heavy atom. The molecule has 1 saturated heterocycles. The third kappa shape index (κ3) is 5.46. The number of aromatic nitrogens is 1. The first-order valence-electron chi connectivity index (χ1n) is 12.0. The van der Waals surface area contributed by atoms with Gasteiger partial charge in [0.25, 0.3) is 0 Å². The van der Waals surface area contributed by atoms with Crippen molar-refractivity contribution in [1.29, 1.82) is 5.26 Å². The third-order valence-corrected chi connectivity index (χ3v) is 7.42. The number of nitriles is 1. The Balaban J connectivity index is 1.46. The lowest BCUT2D eigenvalue weighted by atomic mass is 10.0. The standard InChI is InChI=1S/C29H27N5OS/c30-18-22-4-6-24(7-5-22)29-16-23(20-36-29)15-25-17-27(33-13-11-31-12-14-33)8-9-28(25)34(21-35)19-26-3-1-2-10-32-26/h1-10,16-17,20-21,31H,11-15,19H2. The summed E-state index contributed by atoms with van der Waals surface area (Å²) in [5, 5.41) is 14.7. The molecule has 0 spiro atoms. The Morgan fingerprint density at radius 2 is 1.92 bits per heavy atom. The van der Waals surface area contributed by atoms with Crippen molar-refractivity contribution < 1.29 is 4.79 Å². The third-order valence-electron chi connectivity index (χ3n) is 6.39. The second-order valence-electron chi connectivity index (χ2n) is 8.79. The summed E-state index contributed by atoms with van der Waals surface area (Å²) in [6.07, 6.45) is 3.37. The van der Waals surface area contributed by atoms with E-state index < -0.39 is 0 Å². The predicted molar refractivity (Wildman–Crippen MR) is 145 cm³/mol. The lowest BCUT2D eigenvalue weighted by Gasteiger charge is -2.31. The van der Waals surface area contributed by atoms with Gasteiger partial charge in [-0.1, -0.05) is 18.2 Å². The van der Waals surface area contributed by atoms with Crippen molar-refractivity contribution in [2.24, 2.45) is 0 Å². The minimum atomic E-state index is 0.421. The van der Waals surface area contributed by atoms with Gasteiger partial charge in [-0.05, 0) is 70.6 Å². The fraction of sp³-hybridized carbons (Fsp3) is 0.207. The zero-order valence-corrected chi connectivity index (χ0v) is 20.7. The number of rotatable bonds is 8. The van der Waals surface area contributed by atoms with E-state index in [0.29, 0.717) is 18.5 Å². The van der Waals surface area contributed by atoms with Crippen LogP contribution in [-0.4, -0.2) is 37.6 Å². The van der Waals surface area contributed by atoms with E-state index in [-0.39, 0.29) is 0 Å². The van der Waals surface area contributed by atoms with Gasteiger partial charge in [0.05, 0.1) is 23.9 Å². The van der Waals surface area contributed by atoms with E-state index in [2.05, 4.69) is 50.9 Å². The summed E-state index contributed by atoms with van der Waals surface area (Å²) in [6, 6.07) is 24.2. The van der Waals surface area contributed by atoms with Crippen LogP contribution in [0.5, 0.6) is 0 Å². The maximum absolute atomic E-state index is 12.2. The molecular weight excluding hydrogens is 466 g/mol. The molecule has 0 aliphatic carbocycles. The van der Waals surface area contributed by atoms with Crippen LogP contribution in [0.15, 0.2) is 78.3 Å². The lowest BCUT2D eigenvalue weighted by Crippen LogP contribution is -2.43. The fourth-order valence-corrected chi connectivity index (χ4v) is 5.43. The van der Waals surface area contributed by atoms with Crippen LogP contribution in [0.25, 0.3) is 10.4 Å². The molecular formula is C29H27N5OS. The zero-order chi connectivity index (χ0) is 24.7. The molecule has 3 heterocycles. The Kier molecular flexibility index (Phi) is 7.36. The van der Waals surface area contributed by atoms with E-state index >= 15 is 0 Å². The predicted octanol–water partition coefficient (Wildman–Crippen LogP) is 4.85. The number of amides is 1. The number of pyridine rings is 1. The zero-order valence-electron chi connectivity index (χ0n) is 19.9. The number of piperazine rings is 1. The second-order valence-corrected chi connectivity index (χ2v) is 9.70. The molecule has 0 bridgehead atoms. The van der Waals surface area contributed by atoms with Gasteiger partial charge < -0.3 is 15.1 Å². The van der Waals surface area contributed by atoms with Crippen molar-refractivity contribution in [3.05, 3.63) is 101 Å². The Labute approximate surface area is 215 Å². The largest absolute Gasteiger partial charge is 0.369 e. The highest BCUT2D eigenvalue weighted by atomic mass is 32.1. The molecule has 1 N–H and O–H groups in total. The van der Waals surface area contributed by atoms with Crippen LogP contribution in [0.4, 0.5) is 11.4 Å². The van der Waals surface area contributed by atoms with Crippen molar-refractivity contribution in [3.63, 3.8) is 0 Å². The second kappa shape index (κ2) is 11.2. The number of anilines is 2. The Bertz CT molecular complexity index is 1350. The highest BCUT2D eigenvalue weighted by Gasteiger charge is 2.17. The van der Waals surface area contributed by atoms with Gasteiger partial charge in [0, 0.05) is 55.0 Å². The fourth-order valence-electron chi connectivity index (χ4n) is 4.51. The molecule has 5 rings (SSSR count). The molecule has 1 amide bonds. The molecule has 2 aromatic carbocycles. The normalized spacial score (nSPS) is 13.2. The summed E-state index contributed by atoms with van der Waals surface area (Å²) >= 11 is 1.70. The first-order valence-corrected chi connectivity index (χ1v) is 12.9.